The van der Waals surface area contributed by atoms with Crippen LogP contribution in [0.4, 0.5) is 0 Å². The summed E-state index contributed by atoms with van der Waals surface area (Å²) >= 11 is 5.13. The van der Waals surface area contributed by atoms with Gasteiger partial charge in [-0.25, -0.2) is 0 Å². The predicted octanol–water partition coefficient (Wildman–Crippen LogP) is 0.757. The molecule has 1 saturated heterocycles. The molecule has 0 aromatic heterocycles. The highest BCUT2D eigenvalue weighted by molar-refractivity contribution is 7.80. The molecular formula is C7H14N2S. The highest BCUT2D eigenvalue weighted by Gasteiger charge is 2.21. The number of rotatable bonds is 2. The van der Waals surface area contributed by atoms with Crippen molar-refractivity contribution in [3.63, 3.8) is 0 Å². The van der Waals surface area contributed by atoms with E-state index in [1.165, 1.54) is 0 Å². The molecule has 0 aromatic carbocycles. The Kier molecular flexibility index (Phi) is 2.63. The lowest BCUT2D eigenvalue weighted by atomic mass is 10.3. The van der Waals surface area contributed by atoms with Crippen LogP contribution in [0, 0.1) is 0 Å². The Hall–Kier alpha value is -0.150. The van der Waals surface area contributed by atoms with E-state index in [4.69, 9.17) is 18.0 Å². The fourth-order valence-electron chi connectivity index (χ4n) is 1.29. The summed E-state index contributed by atoms with van der Waals surface area (Å²) < 4.78 is 0. The van der Waals surface area contributed by atoms with Crippen LogP contribution in [0.25, 0.3) is 0 Å². The van der Waals surface area contributed by atoms with E-state index >= 15 is 0 Å². The number of nitrogens with zero attached hydrogens (tertiary/aromatic N) is 1. The Balaban J connectivity index is 2.39. The standard InChI is InChI=1S/C7H14N2S/c1-2-3-9-5-6(8)4-7(9)10/h6H,2-5,8H2,1H3/t6-/m1/s1. The molecule has 1 fully saturated rings. The Bertz CT molecular complexity index is 136. The number of hydrogen-bond donors (Lipinski definition) is 1. The van der Waals surface area contributed by atoms with Crippen LogP contribution in [0.1, 0.15) is 19.8 Å². The minimum absolute atomic E-state index is 0.291. The SMILES string of the molecule is CCCN1C[C@H](N)CC1=S. The molecule has 1 aliphatic rings. The minimum Gasteiger partial charge on any atom is -0.365 e. The van der Waals surface area contributed by atoms with Crippen LogP contribution in [-0.4, -0.2) is 29.0 Å². The molecule has 0 amide bonds. The van der Waals surface area contributed by atoms with Crippen LogP contribution in [0.15, 0.2) is 0 Å². The molecule has 1 aliphatic heterocycles. The van der Waals surface area contributed by atoms with Crippen LogP contribution in [0.3, 0.4) is 0 Å². The number of hydrogen-bond acceptors (Lipinski definition) is 2. The highest BCUT2D eigenvalue weighted by Crippen LogP contribution is 2.10. The monoisotopic (exact) mass is 158 g/mol. The van der Waals surface area contributed by atoms with Gasteiger partial charge in [-0.3, -0.25) is 0 Å². The molecule has 58 valence electrons. The first kappa shape index (κ1) is 7.95. The van der Waals surface area contributed by atoms with Crippen molar-refractivity contribution in [1.29, 1.82) is 0 Å². The van der Waals surface area contributed by atoms with Gasteiger partial charge in [-0.1, -0.05) is 19.1 Å². The van der Waals surface area contributed by atoms with E-state index in [2.05, 4.69) is 11.8 Å². The molecule has 0 saturated carbocycles. The van der Waals surface area contributed by atoms with Gasteiger partial charge in [-0.2, -0.15) is 0 Å². The van der Waals surface area contributed by atoms with Gasteiger partial charge in [0.05, 0.1) is 4.99 Å². The lowest BCUT2D eigenvalue weighted by Crippen LogP contribution is -2.28. The zero-order valence-corrected chi connectivity index (χ0v) is 7.16. The molecular weight excluding hydrogens is 144 g/mol. The van der Waals surface area contributed by atoms with Gasteiger partial charge in [0.1, 0.15) is 0 Å². The molecule has 1 heterocycles. The van der Waals surface area contributed by atoms with Gasteiger partial charge >= 0.3 is 0 Å². The van der Waals surface area contributed by atoms with Crippen LogP contribution < -0.4 is 5.73 Å². The second-order valence-electron chi connectivity index (χ2n) is 2.80. The zero-order chi connectivity index (χ0) is 7.56. The highest BCUT2D eigenvalue weighted by atomic mass is 32.1. The van der Waals surface area contributed by atoms with Gasteiger partial charge in [0, 0.05) is 25.6 Å². The molecule has 1 atom stereocenters. The number of likely N-dealkylation sites (tertiary alicyclic amines) is 1. The fraction of sp³-hybridized carbons (Fsp3) is 0.857. The summed E-state index contributed by atoms with van der Waals surface area (Å²) in [5.41, 5.74) is 5.72. The van der Waals surface area contributed by atoms with E-state index in [0.717, 1.165) is 30.9 Å². The molecule has 0 radical (unpaired) electrons. The van der Waals surface area contributed by atoms with Crippen LogP contribution in [0.5, 0.6) is 0 Å². The first-order valence-electron chi connectivity index (χ1n) is 3.77. The Morgan fingerprint density at radius 3 is 2.90 bits per heavy atom. The normalized spacial score (nSPS) is 26.0. The third kappa shape index (κ3) is 1.67. The van der Waals surface area contributed by atoms with E-state index in [1.54, 1.807) is 0 Å². The van der Waals surface area contributed by atoms with E-state index < -0.39 is 0 Å². The van der Waals surface area contributed by atoms with Crippen molar-refractivity contribution < 1.29 is 0 Å². The Morgan fingerprint density at radius 1 is 1.80 bits per heavy atom. The molecule has 0 spiro atoms. The van der Waals surface area contributed by atoms with Gasteiger partial charge in [-0.15, -0.1) is 0 Å². The van der Waals surface area contributed by atoms with E-state index in [9.17, 15) is 0 Å². The smallest absolute Gasteiger partial charge is 0.0796 e. The summed E-state index contributed by atoms with van der Waals surface area (Å²) in [6.07, 6.45) is 2.07. The number of nitrogens with two attached hydrogens (primary N) is 1. The van der Waals surface area contributed by atoms with Crippen molar-refractivity contribution in [2.24, 2.45) is 5.73 Å². The molecule has 0 bridgehead atoms. The van der Waals surface area contributed by atoms with Crippen molar-refractivity contribution in [1.82, 2.24) is 4.90 Å². The maximum absolute atomic E-state index is 5.72. The largest absolute Gasteiger partial charge is 0.365 e. The average molecular weight is 158 g/mol. The van der Waals surface area contributed by atoms with Gasteiger partial charge in [-0.05, 0) is 6.42 Å². The second kappa shape index (κ2) is 3.30. The van der Waals surface area contributed by atoms with E-state index in [1.807, 2.05) is 0 Å². The lowest BCUT2D eigenvalue weighted by molar-refractivity contribution is 0.439. The van der Waals surface area contributed by atoms with Crippen LogP contribution in [-0.2, 0) is 0 Å². The number of thiocarbonyl (C=S) groups is 1. The van der Waals surface area contributed by atoms with Gasteiger partial charge in [0.2, 0.25) is 0 Å². The third-order valence-electron chi connectivity index (χ3n) is 1.74. The molecule has 0 unspecified atom stereocenters. The molecule has 0 aliphatic carbocycles. The molecule has 2 nitrogen and oxygen atoms in total. The molecule has 2 N–H and O–H groups in total. The lowest BCUT2D eigenvalue weighted by Gasteiger charge is -2.15. The maximum atomic E-state index is 5.72. The van der Waals surface area contributed by atoms with Crippen LogP contribution >= 0.6 is 12.2 Å². The van der Waals surface area contributed by atoms with Crippen molar-refractivity contribution in [2.45, 2.75) is 25.8 Å². The zero-order valence-electron chi connectivity index (χ0n) is 6.34. The van der Waals surface area contributed by atoms with Gasteiger partial charge in [0.15, 0.2) is 0 Å². The first-order valence-corrected chi connectivity index (χ1v) is 4.18. The minimum atomic E-state index is 0.291. The van der Waals surface area contributed by atoms with Gasteiger partial charge in [0.25, 0.3) is 0 Å². The quantitative estimate of drug-likeness (QED) is 0.602. The predicted molar refractivity (Wildman–Crippen MR) is 47.1 cm³/mol. The molecule has 1 rings (SSSR count). The van der Waals surface area contributed by atoms with Crippen molar-refractivity contribution in [2.75, 3.05) is 13.1 Å². The Morgan fingerprint density at radius 2 is 2.50 bits per heavy atom. The fourth-order valence-corrected chi connectivity index (χ4v) is 1.67. The van der Waals surface area contributed by atoms with E-state index in [-0.39, 0.29) is 0 Å². The summed E-state index contributed by atoms with van der Waals surface area (Å²) in [5, 5.41) is 0. The van der Waals surface area contributed by atoms with Crippen molar-refractivity contribution >= 4 is 17.2 Å². The summed E-state index contributed by atoms with van der Waals surface area (Å²) in [4.78, 5) is 3.26. The summed E-state index contributed by atoms with van der Waals surface area (Å²) in [7, 11) is 0. The summed E-state index contributed by atoms with van der Waals surface area (Å²) in [5.74, 6) is 0. The summed E-state index contributed by atoms with van der Waals surface area (Å²) in [6, 6.07) is 0.291. The van der Waals surface area contributed by atoms with Crippen molar-refractivity contribution in [3.8, 4) is 0 Å². The second-order valence-corrected chi connectivity index (χ2v) is 3.28. The van der Waals surface area contributed by atoms with Crippen LogP contribution in [0.2, 0.25) is 0 Å². The average Bonchev–Trinajstić information content (AvgIpc) is 2.13. The molecule has 0 aromatic rings. The van der Waals surface area contributed by atoms with Crippen molar-refractivity contribution in [3.05, 3.63) is 0 Å². The topological polar surface area (TPSA) is 29.3 Å². The third-order valence-corrected chi connectivity index (χ3v) is 2.16. The molecule has 10 heavy (non-hydrogen) atoms. The Labute approximate surface area is 67.4 Å². The van der Waals surface area contributed by atoms with Gasteiger partial charge < -0.3 is 10.6 Å². The maximum Gasteiger partial charge on any atom is 0.0796 e. The molecule has 3 heteroatoms. The van der Waals surface area contributed by atoms with E-state index in [0.29, 0.717) is 6.04 Å². The summed E-state index contributed by atoms with van der Waals surface area (Å²) in [6.45, 7) is 4.20. The first-order chi connectivity index (χ1) is 4.74.